The van der Waals surface area contributed by atoms with Gasteiger partial charge < -0.3 is 13.9 Å². The third kappa shape index (κ3) is 3.62. The molecule has 26 heavy (non-hydrogen) atoms. The van der Waals surface area contributed by atoms with Crippen molar-refractivity contribution in [3.63, 3.8) is 0 Å². The van der Waals surface area contributed by atoms with Crippen molar-refractivity contribution in [1.29, 1.82) is 0 Å². The van der Waals surface area contributed by atoms with Gasteiger partial charge in [0.1, 0.15) is 17.9 Å². The first-order valence-electron chi connectivity index (χ1n) is 7.18. The number of halogens is 3. The Morgan fingerprint density at radius 1 is 1.19 bits per heavy atom. The van der Waals surface area contributed by atoms with Crippen molar-refractivity contribution >= 4 is 51.7 Å². The standard InChI is InChI=1S/C17H10Cl3NO5/c1-24-9-2-3-10-8(4-13(22)26-12(10)5-9)7-25-17(23)16-15(20)14(19)11(18)6-21-16/h2-6H,7H2,1H3. The van der Waals surface area contributed by atoms with E-state index in [0.29, 0.717) is 22.3 Å². The van der Waals surface area contributed by atoms with Gasteiger partial charge in [0.05, 0.1) is 22.2 Å². The second-order valence-electron chi connectivity index (χ2n) is 5.11. The number of fused-ring (bicyclic) bond motifs is 1. The summed E-state index contributed by atoms with van der Waals surface area (Å²) in [6.07, 6.45) is 1.20. The van der Waals surface area contributed by atoms with E-state index in [0.717, 1.165) is 0 Å². The summed E-state index contributed by atoms with van der Waals surface area (Å²) in [7, 11) is 1.50. The molecule has 0 bridgehead atoms. The molecule has 0 fully saturated rings. The van der Waals surface area contributed by atoms with E-state index in [2.05, 4.69) is 4.98 Å². The van der Waals surface area contributed by atoms with Gasteiger partial charge >= 0.3 is 11.6 Å². The minimum absolute atomic E-state index is 0.00758. The van der Waals surface area contributed by atoms with Crippen molar-refractivity contribution in [3.05, 3.63) is 67.2 Å². The summed E-state index contributed by atoms with van der Waals surface area (Å²) < 4.78 is 15.5. The van der Waals surface area contributed by atoms with E-state index in [1.807, 2.05) is 0 Å². The van der Waals surface area contributed by atoms with E-state index in [4.69, 9.17) is 48.7 Å². The number of carbonyl (C=O) groups excluding carboxylic acids is 1. The number of nitrogens with zero attached hydrogens (tertiary/aromatic N) is 1. The zero-order valence-electron chi connectivity index (χ0n) is 13.2. The molecule has 3 aromatic rings. The van der Waals surface area contributed by atoms with Crippen LogP contribution in [0, 0.1) is 0 Å². The molecule has 6 nitrogen and oxygen atoms in total. The average molecular weight is 415 g/mol. The minimum Gasteiger partial charge on any atom is -0.497 e. The van der Waals surface area contributed by atoms with Gasteiger partial charge in [0, 0.05) is 29.3 Å². The molecular formula is C17H10Cl3NO5. The number of pyridine rings is 1. The molecule has 0 saturated heterocycles. The zero-order valence-corrected chi connectivity index (χ0v) is 15.5. The zero-order chi connectivity index (χ0) is 18.8. The molecule has 0 radical (unpaired) electrons. The summed E-state index contributed by atoms with van der Waals surface area (Å²) >= 11 is 17.6. The van der Waals surface area contributed by atoms with Gasteiger partial charge in [-0.15, -0.1) is 0 Å². The number of ether oxygens (including phenoxy) is 2. The van der Waals surface area contributed by atoms with Crippen LogP contribution in [0.15, 0.2) is 39.7 Å². The Morgan fingerprint density at radius 2 is 1.96 bits per heavy atom. The van der Waals surface area contributed by atoms with Crippen LogP contribution in [0.1, 0.15) is 16.1 Å². The number of hydrogen-bond donors (Lipinski definition) is 0. The fourth-order valence-corrected chi connectivity index (χ4v) is 2.81. The van der Waals surface area contributed by atoms with Crippen molar-refractivity contribution in [2.24, 2.45) is 0 Å². The Bertz CT molecular complexity index is 1060. The lowest BCUT2D eigenvalue weighted by Gasteiger charge is -2.09. The van der Waals surface area contributed by atoms with Gasteiger partial charge in [0.25, 0.3) is 0 Å². The highest BCUT2D eigenvalue weighted by atomic mass is 35.5. The van der Waals surface area contributed by atoms with Gasteiger partial charge in [-0.2, -0.15) is 0 Å². The van der Waals surface area contributed by atoms with Crippen LogP contribution in [-0.2, 0) is 11.3 Å². The number of hydrogen-bond acceptors (Lipinski definition) is 6. The Labute approximate surface area is 162 Å². The molecule has 0 saturated carbocycles. The summed E-state index contributed by atoms with van der Waals surface area (Å²) in [6.45, 7) is -0.189. The first-order chi connectivity index (χ1) is 12.4. The van der Waals surface area contributed by atoms with Gasteiger partial charge in [0.2, 0.25) is 0 Å². The number of aromatic nitrogens is 1. The lowest BCUT2D eigenvalue weighted by Crippen LogP contribution is -2.10. The number of rotatable bonds is 4. The summed E-state index contributed by atoms with van der Waals surface area (Å²) in [4.78, 5) is 27.8. The van der Waals surface area contributed by atoms with Crippen molar-refractivity contribution in [2.75, 3.05) is 7.11 Å². The Morgan fingerprint density at radius 3 is 2.69 bits per heavy atom. The van der Waals surface area contributed by atoms with Crippen LogP contribution in [0.3, 0.4) is 0 Å². The molecule has 0 aliphatic carbocycles. The monoisotopic (exact) mass is 413 g/mol. The van der Waals surface area contributed by atoms with E-state index in [1.54, 1.807) is 18.2 Å². The predicted octanol–water partition coefficient (Wildman–Crippen LogP) is 4.51. The number of carbonyl (C=O) groups is 1. The van der Waals surface area contributed by atoms with Crippen molar-refractivity contribution in [2.45, 2.75) is 6.61 Å². The maximum atomic E-state index is 12.2. The van der Waals surface area contributed by atoms with Crippen molar-refractivity contribution in [1.82, 2.24) is 4.98 Å². The van der Waals surface area contributed by atoms with Gasteiger partial charge in [-0.05, 0) is 12.1 Å². The molecule has 0 N–H and O–H groups in total. The first kappa shape index (κ1) is 18.5. The lowest BCUT2D eigenvalue weighted by molar-refractivity contribution is 0.0467. The fraction of sp³-hybridized carbons (Fsp3) is 0.118. The lowest BCUT2D eigenvalue weighted by atomic mass is 10.1. The van der Waals surface area contributed by atoms with Crippen LogP contribution in [0.5, 0.6) is 5.75 Å². The maximum absolute atomic E-state index is 12.2. The van der Waals surface area contributed by atoms with Gasteiger partial charge in [-0.1, -0.05) is 34.8 Å². The van der Waals surface area contributed by atoms with E-state index in [1.165, 1.54) is 19.4 Å². The molecule has 0 spiro atoms. The molecule has 0 aliphatic heterocycles. The van der Waals surface area contributed by atoms with Gasteiger partial charge in [-0.25, -0.2) is 14.6 Å². The van der Waals surface area contributed by atoms with E-state index in [9.17, 15) is 9.59 Å². The summed E-state index contributed by atoms with van der Waals surface area (Å²) in [5.74, 6) is -0.273. The van der Waals surface area contributed by atoms with Crippen molar-refractivity contribution in [3.8, 4) is 5.75 Å². The normalized spacial score (nSPS) is 10.8. The molecule has 0 atom stereocenters. The third-order valence-corrected chi connectivity index (χ3v) is 4.75. The number of benzene rings is 1. The van der Waals surface area contributed by atoms with Crippen LogP contribution >= 0.6 is 34.8 Å². The van der Waals surface area contributed by atoms with Crippen LogP contribution < -0.4 is 10.4 Å². The topological polar surface area (TPSA) is 78.6 Å². The molecular weight excluding hydrogens is 405 g/mol. The fourth-order valence-electron chi connectivity index (χ4n) is 2.25. The second-order valence-corrected chi connectivity index (χ2v) is 6.27. The van der Waals surface area contributed by atoms with Crippen LogP contribution in [0.4, 0.5) is 0 Å². The summed E-state index contributed by atoms with van der Waals surface area (Å²) in [5, 5.41) is 0.625. The van der Waals surface area contributed by atoms with Crippen LogP contribution in [-0.4, -0.2) is 18.1 Å². The maximum Gasteiger partial charge on any atom is 0.358 e. The molecule has 134 valence electrons. The smallest absolute Gasteiger partial charge is 0.358 e. The highest BCUT2D eigenvalue weighted by Crippen LogP contribution is 2.31. The summed E-state index contributed by atoms with van der Waals surface area (Å²) in [5.41, 5.74) is 0.0227. The average Bonchev–Trinajstić information content (AvgIpc) is 2.63. The predicted molar refractivity (Wildman–Crippen MR) is 97.4 cm³/mol. The highest BCUT2D eigenvalue weighted by Gasteiger charge is 2.19. The van der Waals surface area contributed by atoms with Crippen LogP contribution in [0.2, 0.25) is 15.1 Å². The molecule has 2 heterocycles. The van der Waals surface area contributed by atoms with Gasteiger partial charge in [-0.3, -0.25) is 0 Å². The Hall–Kier alpha value is -2.28. The highest BCUT2D eigenvalue weighted by molar-refractivity contribution is 6.48. The second kappa shape index (κ2) is 7.53. The molecule has 0 aliphatic rings. The molecule has 2 aromatic heterocycles. The molecule has 0 unspecified atom stereocenters. The Kier molecular flexibility index (Phi) is 5.36. The summed E-state index contributed by atoms with van der Waals surface area (Å²) in [6, 6.07) is 6.21. The first-order valence-corrected chi connectivity index (χ1v) is 8.31. The number of methoxy groups -OCH3 is 1. The quantitative estimate of drug-likeness (QED) is 0.461. The van der Waals surface area contributed by atoms with Crippen molar-refractivity contribution < 1.29 is 18.7 Å². The van der Waals surface area contributed by atoms with E-state index in [-0.39, 0.29) is 27.4 Å². The molecule has 0 amide bonds. The van der Waals surface area contributed by atoms with Gasteiger partial charge in [0.15, 0.2) is 5.69 Å². The largest absolute Gasteiger partial charge is 0.497 e. The van der Waals surface area contributed by atoms with Crippen LogP contribution in [0.25, 0.3) is 11.0 Å². The Balaban J connectivity index is 1.89. The molecule has 9 heteroatoms. The number of esters is 1. The van der Waals surface area contributed by atoms with E-state index >= 15 is 0 Å². The third-order valence-electron chi connectivity index (χ3n) is 3.51. The molecule has 3 rings (SSSR count). The minimum atomic E-state index is -0.802. The SMILES string of the molecule is COc1ccc2c(COC(=O)c3ncc(Cl)c(Cl)c3Cl)cc(=O)oc2c1. The van der Waals surface area contributed by atoms with E-state index < -0.39 is 11.6 Å². The molecule has 1 aromatic carbocycles.